The molecule has 3 aromatic rings. The summed E-state index contributed by atoms with van der Waals surface area (Å²) < 4.78 is 21.1. The van der Waals surface area contributed by atoms with Crippen LogP contribution in [0, 0.1) is 5.82 Å². The Kier molecular flexibility index (Phi) is 6.20. The van der Waals surface area contributed by atoms with Gasteiger partial charge in [-0.1, -0.05) is 30.3 Å². The van der Waals surface area contributed by atoms with Gasteiger partial charge in [-0.25, -0.2) is 9.18 Å². The average Bonchev–Trinajstić information content (AvgIpc) is 2.81. The summed E-state index contributed by atoms with van der Waals surface area (Å²) in [5.41, 5.74) is 1.17. The number of pyridine rings is 1. The molecule has 0 spiro atoms. The quantitative estimate of drug-likeness (QED) is 0.438. The molecule has 1 amide bonds. The van der Waals surface area contributed by atoms with Gasteiger partial charge in [-0.3, -0.25) is 9.59 Å². The molecule has 0 atom stereocenters. The van der Waals surface area contributed by atoms with Crippen molar-refractivity contribution < 1.29 is 18.7 Å². The number of ether oxygens (including phenoxy) is 1. The molecule has 4 rings (SSSR count). The Balaban J connectivity index is 1.96. The molecule has 8 heteroatoms. The summed E-state index contributed by atoms with van der Waals surface area (Å²) in [4.78, 5) is 41.2. The van der Waals surface area contributed by atoms with Crippen LogP contribution in [0.4, 0.5) is 10.1 Å². The van der Waals surface area contributed by atoms with Gasteiger partial charge in [0.05, 0.1) is 24.4 Å². The lowest BCUT2D eigenvalue weighted by Gasteiger charge is -2.35. The highest BCUT2D eigenvalue weighted by molar-refractivity contribution is 6.05. The van der Waals surface area contributed by atoms with Crippen LogP contribution >= 0.6 is 0 Å². The van der Waals surface area contributed by atoms with Crippen LogP contribution in [0.2, 0.25) is 0 Å². The molecular formula is C24H24FN3O4. The van der Waals surface area contributed by atoms with E-state index in [9.17, 15) is 18.8 Å². The Morgan fingerprint density at radius 2 is 1.81 bits per heavy atom. The molecule has 1 aliphatic heterocycles. The van der Waals surface area contributed by atoms with Gasteiger partial charge in [-0.15, -0.1) is 0 Å². The third-order valence-corrected chi connectivity index (χ3v) is 5.64. The second-order valence-electron chi connectivity index (χ2n) is 7.61. The number of hydrogen-bond donors (Lipinski definition) is 0. The first-order valence-electron chi connectivity index (χ1n) is 10.5. The van der Waals surface area contributed by atoms with Gasteiger partial charge in [0.1, 0.15) is 11.4 Å². The molecule has 1 aliphatic rings. The Hall–Kier alpha value is -3.68. The van der Waals surface area contributed by atoms with E-state index in [1.54, 1.807) is 17.9 Å². The van der Waals surface area contributed by atoms with Gasteiger partial charge in [-0.2, -0.15) is 0 Å². The van der Waals surface area contributed by atoms with E-state index in [1.807, 2.05) is 35.2 Å². The van der Waals surface area contributed by atoms with E-state index in [1.165, 1.54) is 16.7 Å². The van der Waals surface area contributed by atoms with Crippen LogP contribution in [0.1, 0.15) is 22.8 Å². The molecule has 2 heterocycles. The number of amides is 1. The van der Waals surface area contributed by atoms with Gasteiger partial charge in [0, 0.05) is 31.6 Å². The van der Waals surface area contributed by atoms with Crippen molar-refractivity contribution in [3.63, 3.8) is 0 Å². The van der Waals surface area contributed by atoms with Crippen LogP contribution in [0.15, 0.2) is 53.3 Å². The predicted octanol–water partition coefficient (Wildman–Crippen LogP) is 2.64. The predicted molar refractivity (Wildman–Crippen MR) is 120 cm³/mol. The maximum absolute atomic E-state index is 14.4. The number of carbonyl (C=O) groups is 2. The maximum atomic E-state index is 14.4. The topological polar surface area (TPSA) is 71.8 Å². The van der Waals surface area contributed by atoms with Crippen LogP contribution in [-0.4, -0.2) is 54.6 Å². The van der Waals surface area contributed by atoms with E-state index >= 15 is 0 Å². The fourth-order valence-electron chi connectivity index (χ4n) is 4.10. The van der Waals surface area contributed by atoms with Crippen molar-refractivity contribution in [3.05, 3.63) is 75.8 Å². The van der Waals surface area contributed by atoms with E-state index in [0.717, 1.165) is 12.0 Å². The normalized spacial score (nSPS) is 13.9. The lowest BCUT2D eigenvalue weighted by molar-refractivity contribution is -0.118. The molecule has 0 saturated carbocycles. The van der Waals surface area contributed by atoms with E-state index in [2.05, 4.69) is 0 Å². The summed E-state index contributed by atoms with van der Waals surface area (Å²) in [5, 5.41) is 0.461. The first-order valence-corrected chi connectivity index (χ1v) is 10.5. The first-order chi connectivity index (χ1) is 15.5. The zero-order chi connectivity index (χ0) is 22.7. The standard InChI is InChI=1S/C24H24FN3O4/c1-2-32-24(31)21-22(27-12-10-26(16-29)11-13-27)19-14-18(25)8-9-20(19)28(23(21)30)15-17-6-4-3-5-7-17/h3-9,14,16H,2,10-13,15H2,1H3. The lowest BCUT2D eigenvalue weighted by atomic mass is 10.0. The highest BCUT2D eigenvalue weighted by atomic mass is 19.1. The summed E-state index contributed by atoms with van der Waals surface area (Å²) in [6.07, 6.45) is 0.777. The number of rotatable bonds is 6. The van der Waals surface area contributed by atoms with Crippen molar-refractivity contribution in [3.8, 4) is 0 Å². The number of nitrogens with zero attached hydrogens (tertiary/aromatic N) is 3. The second-order valence-corrected chi connectivity index (χ2v) is 7.61. The number of halogens is 1. The number of fused-ring (bicyclic) bond motifs is 1. The second kappa shape index (κ2) is 9.21. The van der Waals surface area contributed by atoms with Crippen LogP contribution in [0.25, 0.3) is 10.9 Å². The Bertz CT molecular complexity index is 1200. The van der Waals surface area contributed by atoms with Crippen LogP contribution in [0.3, 0.4) is 0 Å². The molecule has 0 aliphatic carbocycles. The average molecular weight is 437 g/mol. The molecule has 166 valence electrons. The van der Waals surface area contributed by atoms with Crippen LogP contribution in [-0.2, 0) is 16.1 Å². The Morgan fingerprint density at radius 1 is 1.09 bits per heavy atom. The van der Waals surface area contributed by atoms with Crippen molar-refractivity contribution in [2.75, 3.05) is 37.7 Å². The van der Waals surface area contributed by atoms with Crippen molar-refractivity contribution in [2.45, 2.75) is 13.5 Å². The summed E-state index contributed by atoms with van der Waals surface area (Å²) in [6, 6.07) is 13.6. The summed E-state index contributed by atoms with van der Waals surface area (Å²) in [6.45, 7) is 3.72. The van der Waals surface area contributed by atoms with Crippen molar-refractivity contribution in [2.24, 2.45) is 0 Å². The molecule has 7 nitrogen and oxygen atoms in total. The molecule has 2 aromatic carbocycles. The van der Waals surface area contributed by atoms with Crippen molar-refractivity contribution in [1.82, 2.24) is 9.47 Å². The number of anilines is 1. The minimum absolute atomic E-state index is 0.108. The lowest BCUT2D eigenvalue weighted by Crippen LogP contribution is -2.47. The number of piperazine rings is 1. The monoisotopic (exact) mass is 437 g/mol. The number of aromatic nitrogens is 1. The molecule has 1 aromatic heterocycles. The van der Waals surface area contributed by atoms with E-state index < -0.39 is 17.3 Å². The third kappa shape index (κ3) is 4.08. The third-order valence-electron chi connectivity index (χ3n) is 5.64. The minimum Gasteiger partial charge on any atom is -0.462 e. The van der Waals surface area contributed by atoms with Gasteiger partial charge in [0.15, 0.2) is 0 Å². The fraction of sp³-hybridized carbons (Fsp3) is 0.292. The number of hydrogen-bond acceptors (Lipinski definition) is 5. The summed E-state index contributed by atoms with van der Waals surface area (Å²) in [5.74, 6) is -1.21. The first kappa shape index (κ1) is 21.5. The van der Waals surface area contributed by atoms with E-state index in [-0.39, 0.29) is 18.7 Å². The zero-order valence-corrected chi connectivity index (χ0v) is 17.8. The molecule has 1 saturated heterocycles. The molecule has 0 radical (unpaired) electrons. The van der Waals surface area contributed by atoms with Gasteiger partial charge >= 0.3 is 5.97 Å². The minimum atomic E-state index is -0.738. The van der Waals surface area contributed by atoms with Crippen molar-refractivity contribution in [1.29, 1.82) is 0 Å². The largest absolute Gasteiger partial charge is 0.462 e. The molecule has 0 N–H and O–H groups in total. The SMILES string of the molecule is CCOC(=O)c1c(N2CCN(C=O)CC2)c2cc(F)ccc2n(Cc2ccccc2)c1=O. The molecule has 0 bridgehead atoms. The Morgan fingerprint density at radius 3 is 2.47 bits per heavy atom. The molecule has 1 fully saturated rings. The Labute approximate surface area is 184 Å². The highest BCUT2D eigenvalue weighted by Gasteiger charge is 2.29. The number of esters is 1. The molecule has 0 unspecified atom stereocenters. The summed E-state index contributed by atoms with van der Waals surface area (Å²) >= 11 is 0. The van der Waals surface area contributed by atoms with Crippen LogP contribution in [0.5, 0.6) is 0 Å². The smallest absolute Gasteiger partial charge is 0.345 e. The fourth-order valence-corrected chi connectivity index (χ4v) is 4.10. The number of carbonyl (C=O) groups excluding carboxylic acids is 2. The molecular weight excluding hydrogens is 413 g/mol. The van der Waals surface area contributed by atoms with Gasteiger partial charge in [-0.05, 0) is 30.7 Å². The summed E-state index contributed by atoms with van der Waals surface area (Å²) in [7, 11) is 0. The van der Waals surface area contributed by atoms with Crippen LogP contribution < -0.4 is 10.5 Å². The van der Waals surface area contributed by atoms with Crippen molar-refractivity contribution >= 4 is 29.0 Å². The zero-order valence-electron chi connectivity index (χ0n) is 17.8. The van der Waals surface area contributed by atoms with Gasteiger partial charge < -0.3 is 19.1 Å². The van der Waals surface area contributed by atoms with Gasteiger partial charge in [0.2, 0.25) is 6.41 Å². The molecule has 32 heavy (non-hydrogen) atoms. The van der Waals surface area contributed by atoms with E-state index in [0.29, 0.717) is 42.8 Å². The maximum Gasteiger partial charge on any atom is 0.345 e. The number of benzene rings is 2. The van der Waals surface area contributed by atoms with Gasteiger partial charge in [0.25, 0.3) is 5.56 Å². The van der Waals surface area contributed by atoms with E-state index in [4.69, 9.17) is 4.74 Å². The highest BCUT2D eigenvalue weighted by Crippen LogP contribution is 2.31.